The molecule has 4 aromatic rings. The predicted molar refractivity (Wildman–Crippen MR) is 157 cm³/mol. The smallest absolute Gasteiger partial charge is 0.320 e. The average Bonchev–Trinajstić information content (AvgIpc) is 2.95. The van der Waals surface area contributed by atoms with Crippen molar-refractivity contribution < 1.29 is 19.4 Å². The highest BCUT2D eigenvalue weighted by Crippen LogP contribution is 2.36. The zero-order valence-electron chi connectivity index (χ0n) is 21.6. The van der Waals surface area contributed by atoms with Crippen molar-refractivity contribution in [2.24, 2.45) is 0 Å². The van der Waals surface area contributed by atoms with E-state index in [0.717, 1.165) is 38.7 Å². The molecule has 0 saturated carbocycles. The topological polar surface area (TPSA) is 80.7 Å². The number of aliphatic carboxylic acids is 1. The number of benzene rings is 3. The van der Waals surface area contributed by atoms with Gasteiger partial charge in [0.25, 0.3) is 0 Å². The van der Waals surface area contributed by atoms with Crippen LogP contribution in [-0.2, 0) is 24.6 Å². The van der Waals surface area contributed by atoms with Gasteiger partial charge in [-0.15, -0.1) is 0 Å². The number of carboxylic acids is 1. The third-order valence-electron chi connectivity index (χ3n) is 6.19. The summed E-state index contributed by atoms with van der Waals surface area (Å²) in [7, 11) is 0. The number of nitrogens with one attached hydrogen (secondary N) is 1. The summed E-state index contributed by atoms with van der Waals surface area (Å²) in [5, 5.41) is 13.1. The fraction of sp³-hybridized carbons (Fsp3) is 0.226. The maximum Gasteiger partial charge on any atom is 0.320 e. The Morgan fingerprint density at radius 2 is 1.79 bits per heavy atom. The molecule has 0 aliphatic rings. The Balaban J connectivity index is 1.56. The standard InChI is InChI=1S/C31H30BrClN2O4/c1-2-8-27(31(36)37)35-18-24-15-26(33)29(16-28(24)38-19-21-9-7-14-34-17-21)39-20-23-12-6-13-25(30(23)32)22-10-4-3-5-11-22/h3-7,9-17,27,35H,2,8,18-20H2,1H3,(H,36,37). The number of rotatable bonds is 13. The number of aromatic nitrogens is 1. The molecule has 0 aliphatic carbocycles. The normalized spacial score (nSPS) is 11.7. The molecule has 0 amide bonds. The number of nitrogens with zero attached hydrogens (tertiary/aromatic N) is 1. The van der Waals surface area contributed by atoms with Crippen molar-refractivity contribution in [2.75, 3.05) is 0 Å². The molecule has 1 unspecified atom stereocenters. The van der Waals surface area contributed by atoms with E-state index in [1.54, 1.807) is 24.5 Å². The van der Waals surface area contributed by atoms with Crippen LogP contribution >= 0.6 is 27.5 Å². The molecular weight excluding hydrogens is 580 g/mol. The first-order valence-corrected chi connectivity index (χ1v) is 13.9. The summed E-state index contributed by atoms with van der Waals surface area (Å²) in [5.74, 6) is 0.148. The molecule has 0 aliphatic heterocycles. The van der Waals surface area contributed by atoms with Gasteiger partial charge in [-0.3, -0.25) is 9.78 Å². The molecule has 1 heterocycles. The Bertz CT molecular complexity index is 1390. The molecule has 0 radical (unpaired) electrons. The van der Waals surface area contributed by atoms with E-state index < -0.39 is 12.0 Å². The summed E-state index contributed by atoms with van der Waals surface area (Å²) in [4.78, 5) is 15.8. The van der Waals surface area contributed by atoms with E-state index in [4.69, 9.17) is 21.1 Å². The monoisotopic (exact) mass is 608 g/mol. The molecule has 0 fully saturated rings. The zero-order valence-corrected chi connectivity index (χ0v) is 23.9. The fourth-order valence-electron chi connectivity index (χ4n) is 4.13. The predicted octanol–water partition coefficient (Wildman–Crippen LogP) is 7.67. The number of carbonyl (C=O) groups is 1. The van der Waals surface area contributed by atoms with Gasteiger partial charge in [0, 0.05) is 46.2 Å². The van der Waals surface area contributed by atoms with Crippen LogP contribution in [-0.4, -0.2) is 22.1 Å². The van der Waals surface area contributed by atoms with Crippen LogP contribution in [0.2, 0.25) is 5.02 Å². The molecule has 3 aromatic carbocycles. The number of pyridine rings is 1. The van der Waals surface area contributed by atoms with Crippen molar-refractivity contribution in [1.29, 1.82) is 0 Å². The average molecular weight is 610 g/mol. The van der Waals surface area contributed by atoms with Crippen LogP contribution < -0.4 is 14.8 Å². The third-order valence-corrected chi connectivity index (χ3v) is 7.42. The van der Waals surface area contributed by atoms with E-state index in [9.17, 15) is 9.90 Å². The van der Waals surface area contributed by atoms with Crippen molar-refractivity contribution in [3.8, 4) is 22.6 Å². The van der Waals surface area contributed by atoms with Crippen molar-refractivity contribution >= 4 is 33.5 Å². The zero-order chi connectivity index (χ0) is 27.6. The number of carboxylic acid groups (broad SMARTS) is 1. The molecule has 1 aromatic heterocycles. The Morgan fingerprint density at radius 3 is 2.51 bits per heavy atom. The van der Waals surface area contributed by atoms with Crippen molar-refractivity contribution in [3.63, 3.8) is 0 Å². The molecule has 0 bridgehead atoms. The van der Waals surface area contributed by atoms with E-state index in [1.807, 2.05) is 49.4 Å². The second-order valence-corrected chi connectivity index (χ2v) is 10.2. The maximum atomic E-state index is 11.6. The summed E-state index contributed by atoms with van der Waals surface area (Å²) in [6, 6.07) is 22.8. The lowest BCUT2D eigenvalue weighted by molar-refractivity contribution is -0.139. The number of halogens is 2. The lowest BCUT2D eigenvalue weighted by Gasteiger charge is -2.18. The number of hydrogen-bond donors (Lipinski definition) is 2. The van der Waals surface area contributed by atoms with Crippen molar-refractivity contribution in [1.82, 2.24) is 10.3 Å². The first kappa shape index (κ1) is 28.6. The summed E-state index contributed by atoms with van der Waals surface area (Å²) < 4.78 is 13.3. The highest BCUT2D eigenvalue weighted by molar-refractivity contribution is 9.10. The van der Waals surface area contributed by atoms with E-state index >= 15 is 0 Å². The number of ether oxygens (including phenoxy) is 2. The first-order chi connectivity index (χ1) is 19.0. The Morgan fingerprint density at radius 1 is 1.00 bits per heavy atom. The molecule has 0 spiro atoms. The van der Waals surface area contributed by atoms with Crippen LogP contribution in [0, 0.1) is 0 Å². The van der Waals surface area contributed by atoms with Gasteiger partial charge in [0.2, 0.25) is 0 Å². The van der Waals surface area contributed by atoms with Crippen LogP contribution in [0.3, 0.4) is 0 Å². The largest absolute Gasteiger partial charge is 0.488 e. The molecule has 4 rings (SSSR count). The minimum Gasteiger partial charge on any atom is -0.488 e. The van der Waals surface area contributed by atoms with Crippen LogP contribution in [0.1, 0.15) is 36.5 Å². The second-order valence-electron chi connectivity index (χ2n) is 9.03. The van der Waals surface area contributed by atoms with E-state index in [1.165, 1.54) is 0 Å². The van der Waals surface area contributed by atoms with E-state index in [2.05, 4.69) is 44.4 Å². The van der Waals surface area contributed by atoms with Crippen molar-refractivity contribution in [2.45, 2.75) is 45.6 Å². The Kier molecular flexibility index (Phi) is 10.4. The molecule has 6 nitrogen and oxygen atoms in total. The van der Waals surface area contributed by atoms with Gasteiger partial charge in [0.15, 0.2) is 0 Å². The van der Waals surface area contributed by atoms with Crippen LogP contribution in [0.25, 0.3) is 11.1 Å². The molecule has 0 saturated heterocycles. The van der Waals surface area contributed by atoms with Gasteiger partial charge in [0.1, 0.15) is 30.8 Å². The van der Waals surface area contributed by atoms with Gasteiger partial charge in [-0.25, -0.2) is 0 Å². The Hall–Kier alpha value is -3.39. The molecule has 8 heteroatoms. The minimum absolute atomic E-state index is 0.282. The van der Waals surface area contributed by atoms with Crippen molar-refractivity contribution in [3.05, 3.63) is 111 Å². The van der Waals surface area contributed by atoms with Gasteiger partial charge in [-0.2, -0.15) is 0 Å². The quantitative estimate of drug-likeness (QED) is 0.162. The van der Waals surface area contributed by atoms with Gasteiger partial charge in [0.05, 0.1) is 5.02 Å². The first-order valence-electron chi connectivity index (χ1n) is 12.7. The lowest BCUT2D eigenvalue weighted by Crippen LogP contribution is -2.36. The fourth-order valence-corrected chi connectivity index (χ4v) is 4.97. The lowest BCUT2D eigenvalue weighted by atomic mass is 10.0. The molecule has 2 N–H and O–H groups in total. The molecule has 202 valence electrons. The second kappa shape index (κ2) is 14.1. The van der Waals surface area contributed by atoms with Crippen LogP contribution in [0.4, 0.5) is 0 Å². The number of hydrogen-bond acceptors (Lipinski definition) is 5. The van der Waals surface area contributed by atoms with Gasteiger partial charge in [-0.05, 0) is 45.6 Å². The summed E-state index contributed by atoms with van der Waals surface area (Å²) >= 11 is 10.4. The highest BCUT2D eigenvalue weighted by Gasteiger charge is 2.18. The summed E-state index contributed by atoms with van der Waals surface area (Å²) in [6.07, 6.45) is 4.72. The van der Waals surface area contributed by atoms with Crippen LogP contribution in [0.15, 0.2) is 89.7 Å². The van der Waals surface area contributed by atoms with Gasteiger partial charge in [-0.1, -0.05) is 79.5 Å². The minimum atomic E-state index is -0.885. The van der Waals surface area contributed by atoms with Gasteiger partial charge < -0.3 is 19.9 Å². The molecule has 39 heavy (non-hydrogen) atoms. The maximum absolute atomic E-state index is 11.6. The van der Waals surface area contributed by atoms with Crippen LogP contribution in [0.5, 0.6) is 11.5 Å². The highest BCUT2D eigenvalue weighted by atomic mass is 79.9. The Labute approximate surface area is 242 Å². The SMILES string of the molecule is CCCC(NCc1cc(Cl)c(OCc2cccc(-c3ccccc3)c2Br)cc1OCc1cccnc1)C(=O)O. The molecule has 1 atom stereocenters. The summed E-state index contributed by atoms with van der Waals surface area (Å²) in [5.41, 5.74) is 4.80. The third kappa shape index (κ3) is 7.82. The van der Waals surface area contributed by atoms with Gasteiger partial charge >= 0.3 is 5.97 Å². The van der Waals surface area contributed by atoms with E-state index in [-0.39, 0.29) is 13.2 Å². The summed E-state index contributed by atoms with van der Waals surface area (Å²) in [6.45, 7) is 2.82. The van der Waals surface area contributed by atoms with E-state index in [0.29, 0.717) is 29.5 Å². The molecular formula is C31H30BrClN2O4.